The van der Waals surface area contributed by atoms with Crippen LogP contribution in [0.4, 0.5) is 11.5 Å². The third-order valence-corrected chi connectivity index (χ3v) is 5.07. The van der Waals surface area contributed by atoms with E-state index in [-0.39, 0.29) is 24.3 Å². The number of anilines is 2. The molecule has 1 aromatic carbocycles. The first-order chi connectivity index (χ1) is 13.9. The molecule has 2 heterocycles. The van der Waals surface area contributed by atoms with Crippen LogP contribution in [-0.2, 0) is 9.59 Å². The summed E-state index contributed by atoms with van der Waals surface area (Å²) in [7, 11) is 1.57. The minimum absolute atomic E-state index is 0.0923. The molecule has 8 heteroatoms. The minimum atomic E-state index is -0.192. The number of likely N-dealkylation sites (tertiary alicyclic amines) is 1. The maximum Gasteiger partial charge on any atom is 0.238 e. The number of halogens is 1. The summed E-state index contributed by atoms with van der Waals surface area (Å²) in [5.41, 5.74) is 1.68. The summed E-state index contributed by atoms with van der Waals surface area (Å²) in [6, 6.07) is 8.99. The van der Waals surface area contributed by atoms with Gasteiger partial charge in [-0.25, -0.2) is 4.98 Å². The fourth-order valence-electron chi connectivity index (χ4n) is 3.40. The van der Waals surface area contributed by atoms with E-state index in [1.54, 1.807) is 19.2 Å². The lowest BCUT2D eigenvalue weighted by Crippen LogP contribution is -2.44. The molecule has 154 valence electrons. The van der Waals surface area contributed by atoms with E-state index in [0.717, 1.165) is 24.9 Å². The molecule has 1 unspecified atom stereocenters. The van der Waals surface area contributed by atoms with Crippen LogP contribution in [0, 0.1) is 12.8 Å². The second-order valence-corrected chi connectivity index (χ2v) is 7.61. The van der Waals surface area contributed by atoms with Crippen molar-refractivity contribution in [1.29, 1.82) is 0 Å². The summed E-state index contributed by atoms with van der Waals surface area (Å²) in [5.74, 6) is 0.679. The first-order valence-electron chi connectivity index (χ1n) is 9.54. The van der Waals surface area contributed by atoms with E-state index < -0.39 is 0 Å². The molecule has 7 nitrogen and oxygen atoms in total. The van der Waals surface area contributed by atoms with E-state index in [1.807, 2.05) is 30.0 Å². The quantitative estimate of drug-likeness (QED) is 0.754. The number of rotatable bonds is 6. The standard InChI is InChI=1S/C21H25ClN4O3/c1-14-5-7-18(29-2)17(10-14)24-20(27)13-26-9-3-4-15(12-26)21(28)25-19-8-6-16(22)11-23-19/h5-8,10-11,15H,3-4,9,12-13H2,1-2H3,(H,24,27)(H,23,25,28). The van der Waals surface area contributed by atoms with Gasteiger partial charge in [0.2, 0.25) is 11.8 Å². The number of nitrogens with one attached hydrogen (secondary N) is 2. The van der Waals surface area contributed by atoms with E-state index in [2.05, 4.69) is 15.6 Å². The van der Waals surface area contributed by atoms with Crippen molar-refractivity contribution in [3.8, 4) is 5.75 Å². The Morgan fingerprint density at radius 1 is 1.28 bits per heavy atom. The third kappa shape index (κ3) is 5.92. The van der Waals surface area contributed by atoms with Crippen LogP contribution in [0.5, 0.6) is 5.75 Å². The highest BCUT2D eigenvalue weighted by atomic mass is 35.5. The molecule has 1 aliphatic rings. The van der Waals surface area contributed by atoms with Crippen LogP contribution in [0.2, 0.25) is 5.02 Å². The number of nitrogens with zero attached hydrogens (tertiary/aromatic N) is 2. The van der Waals surface area contributed by atoms with Crippen molar-refractivity contribution < 1.29 is 14.3 Å². The maximum atomic E-state index is 12.6. The van der Waals surface area contributed by atoms with Gasteiger partial charge in [0.15, 0.2) is 0 Å². The Kier molecular flexibility index (Phi) is 7.06. The number of carbonyl (C=O) groups excluding carboxylic acids is 2. The zero-order valence-electron chi connectivity index (χ0n) is 16.6. The molecular formula is C21H25ClN4O3. The van der Waals surface area contributed by atoms with Gasteiger partial charge in [-0.2, -0.15) is 0 Å². The Balaban J connectivity index is 1.55. The van der Waals surface area contributed by atoms with Gasteiger partial charge in [0.1, 0.15) is 11.6 Å². The molecular weight excluding hydrogens is 392 g/mol. The SMILES string of the molecule is COc1ccc(C)cc1NC(=O)CN1CCCC(C(=O)Nc2ccc(Cl)cn2)C1. The molecule has 2 aromatic rings. The van der Waals surface area contributed by atoms with E-state index in [9.17, 15) is 9.59 Å². The molecule has 1 fully saturated rings. The van der Waals surface area contributed by atoms with Crippen molar-refractivity contribution in [3.05, 3.63) is 47.1 Å². The average molecular weight is 417 g/mol. The molecule has 29 heavy (non-hydrogen) atoms. The molecule has 1 aliphatic heterocycles. The fourth-order valence-corrected chi connectivity index (χ4v) is 3.52. The maximum absolute atomic E-state index is 12.6. The predicted octanol–water partition coefficient (Wildman–Crippen LogP) is 3.34. The first kappa shape index (κ1) is 21.1. The van der Waals surface area contributed by atoms with E-state index in [1.165, 1.54) is 6.20 Å². The third-order valence-electron chi connectivity index (χ3n) is 4.85. The predicted molar refractivity (Wildman–Crippen MR) is 113 cm³/mol. The Labute approximate surface area is 175 Å². The Hall–Kier alpha value is -2.64. The highest BCUT2D eigenvalue weighted by Crippen LogP contribution is 2.25. The van der Waals surface area contributed by atoms with Crippen LogP contribution < -0.4 is 15.4 Å². The normalized spacial score (nSPS) is 16.9. The number of amides is 2. The number of aromatic nitrogens is 1. The van der Waals surface area contributed by atoms with Crippen molar-refractivity contribution >= 4 is 34.9 Å². The van der Waals surface area contributed by atoms with Crippen molar-refractivity contribution in [2.24, 2.45) is 5.92 Å². The number of pyridine rings is 1. The molecule has 2 N–H and O–H groups in total. The summed E-state index contributed by atoms with van der Waals surface area (Å²) >= 11 is 5.82. The fraction of sp³-hybridized carbons (Fsp3) is 0.381. The highest BCUT2D eigenvalue weighted by molar-refractivity contribution is 6.30. The largest absolute Gasteiger partial charge is 0.495 e. The molecule has 0 radical (unpaired) electrons. The van der Waals surface area contributed by atoms with Crippen molar-refractivity contribution in [3.63, 3.8) is 0 Å². The van der Waals surface area contributed by atoms with Gasteiger partial charge in [0, 0.05) is 12.7 Å². The van der Waals surface area contributed by atoms with Gasteiger partial charge in [-0.15, -0.1) is 0 Å². The monoisotopic (exact) mass is 416 g/mol. The number of carbonyl (C=O) groups is 2. The number of ether oxygens (including phenoxy) is 1. The van der Waals surface area contributed by atoms with Crippen LogP contribution in [0.15, 0.2) is 36.5 Å². The summed E-state index contributed by atoms with van der Waals surface area (Å²) < 4.78 is 5.31. The van der Waals surface area contributed by atoms with Gasteiger partial charge >= 0.3 is 0 Å². The van der Waals surface area contributed by atoms with Gasteiger partial charge in [0.25, 0.3) is 0 Å². The molecule has 3 rings (SSSR count). The Morgan fingerprint density at radius 2 is 2.10 bits per heavy atom. The molecule has 1 saturated heterocycles. The van der Waals surface area contributed by atoms with Crippen LogP contribution in [-0.4, -0.2) is 48.4 Å². The lowest BCUT2D eigenvalue weighted by molar-refractivity contribution is -0.123. The molecule has 0 spiro atoms. The number of hydrogen-bond donors (Lipinski definition) is 2. The Bertz CT molecular complexity index is 873. The van der Waals surface area contributed by atoms with Crippen molar-refractivity contribution in [2.45, 2.75) is 19.8 Å². The van der Waals surface area contributed by atoms with Gasteiger partial charge in [0.05, 0.1) is 30.3 Å². The second-order valence-electron chi connectivity index (χ2n) is 7.18. The number of aryl methyl sites for hydroxylation is 1. The van der Waals surface area contributed by atoms with Crippen LogP contribution in [0.25, 0.3) is 0 Å². The zero-order chi connectivity index (χ0) is 20.8. The van der Waals surface area contributed by atoms with Gasteiger partial charge < -0.3 is 15.4 Å². The summed E-state index contributed by atoms with van der Waals surface area (Å²) in [5, 5.41) is 6.25. The zero-order valence-corrected chi connectivity index (χ0v) is 17.3. The van der Waals surface area contributed by atoms with Gasteiger partial charge in [-0.05, 0) is 56.1 Å². The minimum Gasteiger partial charge on any atom is -0.495 e. The summed E-state index contributed by atoms with van der Waals surface area (Å²) in [6.07, 6.45) is 3.13. The molecule has 0 aliphatic carbocycles. The van der Waals surface area contributed by atoms with Crippen LogP contribution in [0.1, 0.15) is 18.4 Å². The van der Waals surface area contributed by atoms with Gasteiger partial charge in [-0.3, -0.25) is 14.5 Å². The topological polar surface area (TPSA) is 83.6 Å². The second kappa shape index (κ2) is 9.71. The lowest BCUT2D eigenvalue weighted by atomic mass is 9.97. The molecule has 2 amide bonds. The molecule has 0 bridgehead atoms. The van der Waals surface area contributed by atoms with Crippen LogP contribution >= 0.6 is 11.6 Å². The van der Waals surface area contributed by atoms with E-state index in [4.69, 9.17) is 16.3 Å². The Morgan fingerprint density at radius 3 is 2.83 bits per heavy atom. The average Bonchev–Trinajstić information content (AvgIpc) is 2.70. The number of methoxy groups -OCH3 is 1. The van der Waals surface area contributed by atoms with Gasteiger partial charge in [-0.1, -0.05) is 17.7 Å². The highest BCUT2D eigenvalue weighted by Gasteiger charge is 2.27. The lowest BCUT2D eigenvalue weighted by Gasteiger charge is -2.31. The van der Waals surface area contributed by atoms with Crippen LogP contribution in [0.3, 0.4) is 0 Å². The summed E-state index contributed by atoms with van der Waals surface area (Å²) in [6.45, 7) is 3.48. The molecule has 1 aromatic heterocycles. The van der Waals surface area contributed by atoms with Crippen molar-refractivity contribution in [1.82, 2.24) is 9.88 Å². The molecule has 1 atom stereocenters. The molecule has 0 saturated carbocycles. The first-order valence-corrected chi connectivity index (χ1v) is 9.91. The summed E-state index contributed by atoms with van der Waals surface area (Å²) in [4.78, 5) is 31.2. The van der Waals surface area contributed by atoms with E-state index in [0.29, 0.717) is 28.8 Å². The van der Waals surface area contributed by atoms with Crippen molar-refractivity contribution in [2.75, 3.05) is 37.4 Å². The smallest absolute Gasteiger partial charge is 0.238 e. The van der Waals surface area contributed by atoms with E-state index >= 15 is 0 Å². The number of benzene rings is 1. The number of piperidine rings is 1. The number of hydrogen-bond acceptors (Lipinski definition) is 5.